The number of aromatic nitrogens is 4. The lowest BCUT2D eigenvalue weighted by Gasteiger charge is -2.27. The van der Waals surface area contributed by atoms with Crippen molar-refractivity contribution in [2.75, 3.05) is 31.2 Å². The third kappa shape index (κ3) is 3.29. The van der Waals surface area contributed by atoms with Crippen LogP contribution in [-0.4, -0.2) is 46.1 Å². The predicted molar refractivity (Wildman–Crippen MR) is 77.0 cm³/mol. The second-order valence-electron chi connectivity index (χ2n) is 5.34. The summed E-state index contributed by atoms with van der Waals surface area (Å²) in [7, 11) is 1.71. The Bertz CT molecular complexity index is 707. The van der Waals surface area contributed by atoms with Crippen LogP contribution in [0.25, 0.3) is 11.3 Å². The summed E-state index contributed by atoms with van der Waals surface area (Å²) in [6, 6.07) is 0.966. The lowest BCUT2D eigenvalue weighted by molar-refractivity contribution is -0.141. The molecule has 3 rings (SSSR count). The van der Waals surface area contributed by atoms with Gasteiger partial charge in [-0.15, -0.1) is 0 Å². The quantitative estimate of drug-likeness (QED) is 0.845. The summed E-state index contributed by atoms with van der Waals surface area (Å²) in [6.07, 6.45) is -2.88. The molecule has 1 aliphatic rings. The van der Waals surface area contributed by atoms with E-state index >= 15 is 0 Å². The van der Waals surface area contributed by atoms with Crippen LogP contribution in [0.15, 0.2) is 12.3 Å². The number of halogens is 3. The maximum atomic E-state index is 13.2. The van der Waals surface area contributed by atoms with E-state index in [2.05, 4.69) is 15.1 Å². The molecular formula is C14H16F3N5O. The second kappa shape index (κ2) is 5.80. The number of aryl methyl sites for hydroxylation is 2. The number of anilines is 1. The predicted octanol–water partition coefficient (Wildman–Crippen LogP) is 2.04. The highest BCUT2D eigenvalue weighted by Gasteiger charge is 2.34. The van der Waals surface area contributed by atoms with Crippen molar-refractivity contribution in [3.8, 4) is 11.3 Å². The smallest absolute Gasteiger partial charge is 0.378 e. The summed E-state index contributed by atoms with van der Waals surface area (Å²) < 4.78 is 46.3. The zero-order chi connectivity index (χ0) is 16.6. The van der Waals surface area contributed by atoms with Gasteiger partial charge in [-0.3, -0.25) is 4.68 Å². The first-order valence-electron chi connectivity index (χ1n) is 7.14. The van der Waals surface area contributed by atoms with Gasteiger partial charge in [0.2, 0.25) is 5.95 Å². The molecule has 0 atom stereocenters. The van der Waals surface area contributed by atoms with Gasteiger partial charge in [0.05, 0.1) is 24.6 Å². The fourth-order valence-corrected chi connectivity index (χ4v) is 2.47. The molecule has 2 aromatic rings. The monoisotopic (exact) mass is 327 g/mol. The Labute approximate surface area is 130 Å². The standard InChI is InChI=1S/C14H16F3N5O/c1-9-10(8-21(2)20-9)11-7-12(14(15,16)17)19-13(18-11)22-3-5-23-6-4-22/h7-8H,3-6H2,1-2H3. The van der Waals surface area contributed by atoms with Crippen LogP contribution < -0.4 is 4.90 Å². The topological polar surface area (TPSA) is 56.1 Å². The van der Waals surface area contributed by atoms with Crippen molar-refractivity contribution in [2.45, 2.75) is 13.1 Å². The molecule has 0 unspecified atom stereocenters. The fraction of sp³-hybridized carbons (Fsp3) is 0.500. The molecule has 124 valence electrons. The minimum absolute atomic E-state index is 0.0707. The van der Waals surface area contributed by atoms with Crippen molar-refractivity contribution < 1.29 is 17.9 Å². The summed E-state index contributed by atoms with van der Waals surface area (Å²) >= 11 is 0. The molecule has 0 N–H and O–H groups in total. The molecule has 2 aromatic heterocycles. The molecule has 9 heteroatoms. The van der Waals surface area contributed by atoms with Gasteiger partial charge in [-0.2, -0.15) is 18.3 Å². The average molecular weight is 327 g/mol. The highest BCUT2D eigenvalue weighted by Crippen LogP contribution is 2.32. The van der Waals surface area contributed by atoms with E-state index in [0.717, 1.165) is 6.07 Å². The Morgan fingerprint density at radius 1 is 1.17 bits per heavy atom. The van der Waals surface area contributed by atoms with Crippen LogP contribution in [0.5, 0.6) is 0 Å². The summed E-state index contributed by atoms with van der Waals surface area (Å²) in [5.41, 5.74) is 0.453. The molecule has 0 radical (unpaired) electrons. The largest absolute Gasteiger partial charge is 0.433 e. The van der Waals surface area contributed by atoms with E-state index in [1.54, 1.807) is 29.7 Å². The number of alkyl halides is 3. The van der Waals surface area contributed by atoms with Crippen molar-refractivity contribution in [1.82, 2.24) is 19.7 Å². The molecule has 0 saturated carbocycles. The zero-order valence-corrected chi connectivity index (χ0v) is 12.8. The molecule has 0 spiro atoms. The Hall–Kier alpha value is -2.16. The van der Waals surface area contributed by atoms with Crippen molar-refractivity contribution in [2.24, 2.45) is 7.05 Å². The maximum absolute atomic E-state index is 13.2. The van der Waals surface area contributed by atoms with E-state index in [-0.39, 0.29) is 11.6 Å². The van der Waals surface area contributed by atoms with E-state index < -0.39 is 11.9 Å². The van der Waals surface area contributed by atoms with E-state index in [1.807, 2.05) is 0 Å². The average Bonchev–Trinajstić information content (AvgIpc) is 2.85. The minimum Gasteiger partial charge on any atom is -0.378 e. The first-order valence-corrected chi connectivity index (χ1v) is 7.14. The van der Waals surface area contributed by atoms with E-state index in [9.17, 15) is 13.2 Å². The van der Waals surface area contributed by atoms with Crippen molar-refractivity contribution in [3.05, 3.63) is 23.7 Å². The number of hydrogen-bond acceptors (Lipinski definition) is 5. The van der Waals surface area contributed by atoms with Crippen molar-refractivity contribution in [3.63, 3.8) is 0 Å². The number of rotatable bonds is 2. The van der Waals surface area contributed by atoms with Crippen LogP contribution in [0.2, 0.25) is 0 Å². The summed E-state index contributed by atoms with van der Waals surface area (Å²) in [4.78, 5) is 9.72. The van der Waals surface area contributed by atoms with E-state index in [1.165, 1.54) is 0 Å². The molecule has 3 heterocycles. The molecule has 1 saturated heterocycles. The van der Waals surface area contributed by atoms with Gasteiger partial charge in [0.25, 0.3) is 0 Å². The Morgan fingerprint density at radius 3 is 2.43 bits per heavy atom. The van der Waals surface area contributed by atoms with Crippen molar-refractivity contribution >= 4 is 5.95 Å². The Kier molecular flexibility index (Phi) is 3.97. The van der Waals surface area contributed by atoms with Gasteiger partial charge < -0.3 is 9.64 Å². The second-order valence-corrected chi connectivity index (χ2v) is 5.34. The highest BCUT2D eigenvalue weighted by atomic mass is 19.4. The van der Waals surface area contributed by atoms with E-state index in [4.69, 9.17) is 4.74 Å². The minimum atomic E-state index is -4.53. The lowest BCUT2D eigenvalue weighted by Crippen LogP contribution is -2.37. The molecule has 23 heavy (non-hydrogen) atoms. The van der Waals surface area contributed by atoms with Gasteiger partial charge >= 0.3 is 6.18 Å². The van der Waals surface area contributed by atoms with E-state index in [0.29, 0.717) is 37.6 Å². The molecule has 0 aliphatic carbocycles. The molecule has 1 aliphatic heterocycles. The van der Waals surface area contributed by atoms with Gasteiger partial charge in [-0.25, -0.2) is 9.97 Å². The van der Waals surface area contributed by atoms with Crippen LogP contribution in [0.4, 0.5) is 19.1 Å². The number of ether oxygens (including phenoxy) is 1. The normalized spacial score (nSPS) is 16.0. The van der Waals surface area contributed by atoms with Gasteiger partial charge in [-0.05, 0) is 13.0 Å². The summed E-state index contributed by atoms with van der Waals surface area (Å²) in [5.74, 6) is 0.0707. The molecule has 0 amide bonds. The molecule has 1 fully saturated rings. The Morgan fingerprint density at radius 2 is 1.87 bits per heavy atom. The summed E-state index contributed by atoms with van der Waals surface area (Å²) in [5, 5.41) is 4.16. The molecule has 6 nitrogen and oxygen atoms in total. The van der Waals surface area contributed by atoms with Gasteiger partial charge in [0.1, 0.15) is 0 Å². The maximum Gasteiger partial charge on any atom is 0.433 e. The number of hydrogen-bond donors (Lipinski definition) is 0. The van der Waals surface area contributed by atoms with Gasteiger partial charge in [0.15, 0.2) is 5.69 Å². The highest BCUT2D eigenvalue weighted by molar-refractivity contribution is 5.63. The molecule has 0 bridgehead atoms. The van der Waals surface area contributed by atoms with Gasteiger partial charge in [-0.1, -0.05) is 0 Å². The summed E-state index contributed by atoms with van der Waals surface area (Å²) in [6.45, 7) is 3.56. The number of nitrogens with zero attached hydrogens (tertiary/aromatic N) is 5. The lowest BCUT2D eigenvalue weighted by atomic mass is 10.1. The first-order chi connectivity index (χ1) is 10.8. The fourth-order valence-electron chi connectivity index (χ4n) is 2.47. The van der Waals surface area contributed by atoms with Crippen LogP contribution in [0.1, 0.15) is 11.4 Å². The van der Waals surface area contributed by atoms with Crippen LogP contribution >= 0.6 is 0 Å². The van der Waals surface area contributed by atoms with Crippen LogP contribution in [0.3, 0.4) is 0 Å². The third-order valence-electron chi connectivity index (χ3n) is 3.59. The van der Waals surface area contributed by atoms with Crippen LogP contribution in [0, 0.1) is 6.92 Å². The third-order valence-corrected chi connectivity index (χ3v) is 3.59. The number of morpholine rings is 1. The SMILES string of the molecule is Cc1nn(C)cc1-c1cc(C(F)(F)F)nc(N2CCOCC2)n1. The van der Waals surface area contributed by atoms with Crippen LogP contribution in [-0.2, 0) is 18.0 Å². The molecule has 0 aromatic carbocycles. The first kappa shape index (κ1) is 15.7. The van der Waals surface area contributed by atoms with Crippen molar-refractivity contribution in [1.29, 1.82) is 0 Å². The molecular weight excluding hydrogens is 311 g/mol. The Balaban J connectivity index is 2.09. The van der Waals surface area contributed by atoms with Gasteiger partial charge in [0, 0.05) is 31.9 Å². The zero-order valence-electron chi connectivity index (χ0n) is 12.8.